The summed E-state index contributed by atoms with van der Waals surface area (Å²) in [5, 5.41) is 18.7. The number of nitrogens with zero attached hydrogens (tertiary/aromatic N) is 2. The Morgan fingerprint density at radius 3 is 2.65 bits per heavy atom. The quantitative estimate of drug-likeness (QED) is 0.855. The first-order valence-electron chi connectivity index (χ1n) is 6.49. The van der Waals surface area contributed by atoms with E-state index in [2.05, 4.69) is 0 Å². The number of hydrogen-bond donors (Lipinski definition) is 1. The number of carbonyl (C=O) groups is 1. The van der Waals surface area contributed by atoms with Gasteiger partial charge in [0.25, 0.3) is 5.91 Å². The van der Waals surface area contributed by atoms with Crippen LogP contribution in [0.15, 0.2) is 24.3 Å². The number of benzene rings is 1. The first-order chi connectivity index (χ1) is 9.37. The van der Waals surface area contributed by atoms with E-state index in [1.54, 1.807) is 38.1 Å². The van der Waals surface area contributed by atoms with Gasteiger partial charge in [-0.15, -0.1) is 0 Å². The Morgan fingerprint density at radius 1 is 1.45 bits per heavy atom. The number of carbonyl (C=O) groups excluding carboxylic acids is 1. The second kappa shape index (κ2) is 6.92. The number of para-hydroxylation sites is 1. The Morgan fingerprint density at radius 2 is 2.10 bits per heavy atom. The molecule has 0 saturated heterocycles. The molecular formula is C15H20N2O3. The van der Waals surface area contributed by atoms with Crippen molar-refractivity contribution in [3.63, 3.8) is 0 Å². The van der Waals surface area contributed by atoms with Gasteiger partial charge in [-0.2, -0.15) is 5.26 Å². The maximum absolute atomic E-state index is 12.0. The Kier molecular flexibility index (Phi) is 5.53. The van der Waals surface area contributed by atoms with Crippen LogP contribution in [0.5, 0.6) is 5.75 Å². The van der Waals surface area contributed by atoms with E-state index in [0.717, 1.165) is 0 Å². The van der Waals surface area contributed by atoms with Crippen LogP contribution < -0.4 is 4.74 Å². The molecule has 0 unspecified atom stereocenters. The number of nitriles is 1. The molecule has 0 saturated carbocycles. The lowest BCUT2D eigenvalue weighted by Crippen LogP contribution is -2.44. The van der Waals surface area contributed by atoms with E-state index in [4.69, 9.17) is 10.00 Å². The van der Waals surface area contributed by atoms with E-state index >= 15 is 0 Å². The summed E-state index contributed by atoms with van der Waals surface area (Å²) in [6.07, 6.45) is 0. The average Bonchev–Trinajstić information content (AvgIpc) is 2.41. The Hall–Kier alpha value is -2.06. The Bertz CT molecular complexity index is 501. The lowest BCUT2D eigenvalue weighted by molar-refractivity contribution is -0.136. The summed E-state index contributed by atoms with van der Waals surface area (Å²) >= 11 is 0. The maximum atomic E-state index is 12.0. The topological polar surface area (TPSA) is 73.6 Å². The third-order valence-electron chi connectivity index (χ3n) is 2.67. The van der Waals surface area contributed by atoms with Crippen molar-refractivity contribution in [3.05, 3.63) is 29.8 Å². The third-order valence-corrected chi connectivity index (χ3v) is 2.67. The fourth-order valence-corrected chi connectivity index (χ4v) is 1.76. The molecule has 1 amide bonds. The molecule has 0 spiro atoms. The summed E-state index contributed by atoms with van der Waals surface area (Å²) in [6.45, 7) is 5.72. The lowest BCUT2D eigenvalue weighted by Gasteiger charge is -2.28. The minimum absolute atomic E-state index is 0.150. The molecule has 5 heteroatoms. The predicted octanol–water partition coefficient (Wildman–Crippen LogP) is 1.56. The molecule has 5 nitrogen and oxygen atoms in total. The summed E-state index contributed by atoms with van der Waals surface area (Å²) in [5.41, 5.74) is -0.554. The van der Waals surface area contributed by atoms with Gasteiger partial charge in [-0.05, 0) is 32.9 Å². The van der Waals surface area contributed by atoms with Gasteiger partial charge in [-0.25, -0.2) is 0 Å². The van der Waals surface area contributed by atoms with Crippen molar-refractivity contribution in [2.45, 2.75) is 26.4 Å². The number of hydrogen-bond acceptors (Lipinski definition) is 4. The largest absolute Gasteiger partial charge is 0.482 e. The van der Waals surface area contributed by atoms with Crippen molar-refractivity contribution in [1.29, 1.82) is 5.26 Å². The van der Waals surface area contributed by atoms with E-state index in [9.17, 15) is 9.90 Å². The first-order valence-corrected chi connectivity index (χ1v) is 6.49. The van der Waals surface area contributed by atoms with Gasteiger partial charge >= 0.3 is 0 Å². The normalized spacial score (nSPS) is 10.8. The average molecular weight is 276 g/mol. The SMILES string of the molecule is CCN(CC(C)(C)O)C(=O)COc1ccccc1C#N. The zero-order chi connectivity index (χ0) is 15.2. The minimum atomic E-state index is -0.948. The predicted molar refractivity (Wildman–Crippen MR) is 75.2 cm³/mol. The minimum Gasteiger partial charge on any atom is -0.482 e. The molecule has 1 N–H and O–H groups in total. The van der Waals surface area contributed by atoms with Gasteiger partial charge in [-0.1, -0.05) is 12.1 Å². The van der Waals surface area contributed by atoms with Crippen molar-refractivity contribution in [1.82, 2.24) is 4.90 Å². The molecule has 108 valence electrons. The van der Waals surface area contributed by atoms with Crippen LogP contribution in [0.4, 0.5) is 0 Å². The fourth-order valence-electron chi connectivity index (χ4n) is 1.76. The third kappa shape index (κ3) is 4.90. The highest BCUT2D eigenvalue weighted by Gasteiger charge is 2.21. The number of ether oxygens (including phenoxy) is 1. The fraction of sp³-hybridized carbons (Fsp3) is 0.467. The second-order valence-corrected chi connectivity index (χ2v) is 5.12. The number of aliphatic hydroxyl groups is 1. The molecule has 0 aromatic heterocycles. The Labute approximate surface area is 119 Å². The Balaban J connectivity index is 2.64. The van der Waals surface area contributed by atoms with Gasteiger partial charge in [0.1, 0.15) is 11.8 Å². The van der Waals surface area contributed by atoms with Gasteiger partial charge in [0.15, 0.2) is 6.61 Å². The molecule has 0 aliphatic heterocycles. The monoisotopic (exact) mass is 276 g/mol. The van der Waals surface area contributed by atoms with Crippen molar-refractivity contribution in [3.8, 4) is 11.8 Å². The van der Waals surface area contributed by atoms with Gasteiger partial charge in [-0.3, -0.25) is 4.79 Å². The molecular weight excluding hydrogens is 256 g/mol. The molecule has 0 aliphatic rings. The van der Waals surface area contributed by atoms with E-state index in [-0.39, 0.29) is 19.1 Å². The van der Waals surface area contributed by atoms with Crippen LogP contribution in [0, 0.1) is 11.3 Å². The van der Waals surface area contributed by atoms with Gasteiger partial charge < -0.3 is 14.7 Å². The van der Waals surface area contributed by atoms with E-state index in [1.807, 2.05) is 13.0 Å². The van der Waals surface area contributed by atoms with Crippen molar-refractivity contribution < 1.29 is 14.6 Å². The molecule has 0 atom stereocenters. The zero-order valence-electron chi connectivity index (χ0n) is 12.1. The highest BCUT2D eigenvalue weighted by molar-refractivity contribution is 5.77. The summed E-state index contributed by atoms with van der Waals surface area (Å²) in [7, 11) is 0. The summed E-state index contributed by atoms with van der Waals surface area (Å²) in [5.74, 6) is 0.171. The van der Waals surface area contributed by atoms with Gasteiger partial charge in [0.2, 0.25) is 0 Å². The van der Waals surface area contributed by atoms with E-state index in [0.29, 0.717) is 17.9 Å². The van der Waals surface area contributed by atoms with Crippen LogP contribution in [-0.4, -0.2) is 41.2 Å². The molecule has 1 aromatic carbocycles. The standard InChI is InChI=1S/C15H20N2O3/c1-4-17(11-15(2,3)19)14(18)10-20-13-8-6-5-7-12(13)9-16/h5-8,19H,4,10-11H2,1-3H3. The number of rotatable bonds is 6. The molecule has 20 heavy (non-hydrogen) atoms. The van der Waals surface area contributed by atoms with Crippen LogP contribution in [0.3, 0.4) is 0 Å². The van der Waals surface area contributed by atoms with Crippen molar-refractivity contribution in [2.24, 2.45) is 0 Å². The summed E-state index contributed by atoms with van der Waals surface area (Å²) < 4.78 is 5.39. The molecule has 0 fully saturated rings. The highest BCUT2D eigenvalue weighted by Crippen LogP contribution is 2.16. The molecule has 0 bridgehead atoms. The van der Waals surface area contributed by atoms with E-state index in [1.165, 1.54) is 4.90 Å². The van der Waals surface area contributed by atoms with Crippen LogP contribution in [0.2, 0.25) is 0 Å². The van der Waals surface area contributed by atoms with Crippen LogP contribution in [-0.2, 0) is 4.79 Å². The van der Waals surface area contributed by atoms with Gasteiger partial charge in [0.05, 0.1) is 11.2 Å². The van der Waals surface area contributed by atoms with Gasteiger partial charge in [0, 0.05) is 13.1 Å². The number of amides is 1. The van der Waals surface area contributed by atoms with Crippen molar-refractivity contribution in [2.75, 3.05) is 19.7 Å². The summed E-state index contributed by atoms with van der Waals surface area (Å²) in [4.78, 5) is 13.6. The van der Waals surface area contributed by atoms with Crippen LogP contribution in [0.1, 0.15) is 26.3 Å². The second-order valence-electron chi connectivity index (χ2n) is 5.12. The number of likely N-dealkylation sites (N-methyl/N-ethyl adjacent to an activating group) is 1. The highest BCUT2D eigenvalue weighted by atomic mass is 16.5. The van der Waals surface area contributed by atoms with E-state index < -0.39 is 5.60 Å². The molecule has 1 rings (SSSR count). The molecule has 0 radical (unpaired) electrons. The molecule has 0 aliphatic carbocycles. The maximum Gasteiger partial charge on any atom is 0.260 e. The van der Waals surface area contributed by atoms with Crippen LogP contribution in [0.25, 0.3) is 0 Å². The first kappa shape index (κ1) is 16.0. The zero-order valence-corrected chi connectivity index (χ0v) is 12.1. The smallest absolute Gasteiger partial charge is 0.260 e. The van der Waals surface area contributed by atoms with Crippen molar-refractivity contribution >= 4 is 5.91 Å². The summed E-state index contributed by atoms with van der Waals surface area (Å²) in [6, 6.07) is 8.78. The molecule has 0 heterocycles. The van der Waals surface area contributed by atoms with Crippen LogP contribution >= 0.6 is 0 Å². The molecule has 1 aromatic rings. The lowest BCUT2D eigenvalue weighted by atomic mass is 10.1.